The fourth-order valence-electron chi connectivity index (χ4n) is 3.65. The Bertz CT molecular complexity index is 486. The first-order valence-electron chi connectivity index (χ1n) is 8.58. The molecule has 1 aromatic carbocycles. The van der Waals surface area contributed by atoms with Crippen molar-refractivity contribution in [1.82, 2.24) is 5.32 Å². The number of carbonyl (C=O) groups is 1. The van der Waals surface area contributed by atoms with Crippen LogP contribution in [-0.2, 0) is 0 Å². The summed E-state index contributed by atoms with van der Waals surface area (Å²) >= 11 is 0. The minimum absolute atomic E-state index is 0.328. The lowest BCUT2D eigenvalue weighted by atomic mass is 9.79. The summed E-state index contributed by atoms with van der Waals surface area (Å²) in [6, 6.07) is 8.40. The van der Waals surface area contributed by atoms with Crippen LogP contribution in [0, 0.1) is 11.8 Å². The molecule has 1 N–H and O–H groups in total. The summed E-state index contributed by atoms with van der Waals surface area (Å²) in [7, 11) is 0. The van der Waals surface area contributed by atoms with Crippen LogP contribution in [0.15, 0.2) is 24.3 Å². The highest BCUT2D eigenvalue weighted by molar-refractivity contribution is 5.96. The molecule has 0 aromatic heterocycles. The summed E-state index contributed by atoms with van der Waals surface area (Å²) in [5.74, 6) is 2.18. The average molecular weight is 285 g/mol. The Morgan fingerprint density at radius 3 is 2.81 bits per heavy atom. The van der Waals surface area contributed by atoms with Gasteiger partial charge in [-0.05, 0) is 68.2 Å². The molecular weight excluding hydrogens is 258 g/mol. The van der Waals surface area contributed by atoms with E-state index in [1.54, 1.807) is 0 Å². The van der Waals surface area contributed by atoms with Gasteiger partial charge >= 0.3 is 0 Å². The van der Waals surface area contributed by atoms with E-state index in [9.17, 15) is 4.79 Å². The standard InChI is InChI=1S/C19H27NO/c1-14(18-9-4-10-20-13-18)11-19(21)17-8-3-7-16(12-17)15-5-2-6-15/h3,7-8,12,14-15,18,20H,2,4-6,9-11,13H2,1H3. The molecule has 0 amide bonds. The number of rotatable bonds is 5. The molecule has 1 saturated carbocycles. The van der Waals surface area contributed by atoms with Crippen molar-refractivity contribution in [2.24, 2.45) is 11.8 Å². The van der Waals surface area contributed by atoms with Crippen molar-refractivity contribution >= 4 is 5.78 Å². The highest BCUT2D eigenvalue weighted by Gasteiger charge is 2.24. The van der Waals surface area contributed by atoms with Gasteiger partial charge in [0.2, 0.25) is 0 Å². The molecule has 114 valence electrons. The van der Waals surface area contributed by atoms with E-state index < -0.39 is 0 Å². The number of hydrogen-bond donors (Lipinski definition) is 1. The van der Waals surface area contributed by atoms with Crippen molar-refractivity contribution < 1.29 is 4.79 Å². The quantitative estimate of drug-likeness (QED) is 0.823. The Hall–Kier alpha value is -1.15. The smallest absolute Gasteiger partial charge is 0.163 e. The third-order valence-electron chi connectivity index (χ3n) is 5.43. The second kappa shape index (κ2) is 6.74. The number of piperidine rings is 1. The molecule has 2 fully saturated rings. The Morgan fingerprint density at radius 2 is 2.14 bits per heavy atom. The summed E-state index contributed by atoms with van der Waals surface area (Å²) in [6.45, 7) is 4.46. The summed E-state index contributed by atoms with van der Waals surface area (Å²) in [4.78, 5) is 12.6. The maximum atomic E-state index is 12.6. The molecule has 1 aliphatic heterocycles. The van der Waals surface area contributed by atoms with Gasteiger partial charge in [0.25, 0.3) is 0 Å². The topological polar surface area (TPSA) is 29.1 Å². The Balaban J connectivity index is 1.61. The molecule has 0 bridgehead atoms. The minimum atomic E-state index is 0.328. The zero-order chi connectivity index (χ0) is 14.7. The van der Waals surface area contributed by atoms with Crippen molar-refractivity contribution in [3.8, 4) is 0 Å². The van der Waals surface area contributed by atoms with Crippen LogP contribution in [0.5, 0.6) is 0 Å². The number of hydrogen-bond acceptors (Lipinski definition) is 2. The van der Waals surface area contributed by atoms with E-state index in [0.717, 1.165) is 18.7 Å². The molecule has 2 nitrogen and oxygen atoms in total. The molecule has 1 aromatic rings. The second-order valence-corrected chi connectivity index (χ2v) is 6.96. The van der Waals surface area contributed by atoms with Gasteiger partial charge in [-0.15, -0.1) is 0 Å². The van der Waals surface area contributed by atoms with Gasteiger partial charge in [-0.25, -0.2) is 0 Å². The fraction of sp³-hybridized carbons (Fsp3) is 0.632. The third-order valence-corrected chi connectivity index (χ3v) is 5.43. The molecule has 0 spiro atoms. The lowest BCUT2D eigenvalue weighted by Gasteiger charge is -2.28. The number of nitrogens with one attached hydrogen (secondary N) is 1. The Morgan fingerprint density at radius 1 is 1.29 bits per heavy atom. The van der Waals surface area contributed by atoms with Gasteiger partial charge in [-0.2, -0.15) is 0 Å². The van der Waals surface area contributed by atoms with Crippen LogP contribution in [0.4, 0.5) is 0 Å². The first-order chi connectivity index (χ1) is 10.2. The first-order valence-corrected chi connectivity index (χ1v) is 8.58. The van der Waals surface area contributed by atoms with Gasteiger partial charge in [0, 0.05) is 12.0 Å². The highest BCUT2D eigenvalue weighted by Crippen LogP contribution is 2.36. The van der Waals surface area contributed by atoms with Crippen LogP contribution in [0.2, 0.25) is 0 Å². The van der Waals surface area contributed by atoms with Gasteiger partial charge in [-0.3, -0.25) is 4.79 Å². The average Bonchev–Trinajstić information content (AvgIpc) is 2.46. The van der Waals surface area contributed by atoms with Crippen molar-refractivity contribution in [2.75, 3.05) is 13.1 Å². The molecule has 1 aliphatic carbocycles. The van der Waals surface area contributed by atoms with Crippen molar-refractivity contribution in [3.05, 3.63) is 35.4 Å². The molecule has 3 rings (SSSR count). The van der Waals surface area contributed by atoms with Gasteiger partial charge in [-0.1, -0.05) is 31.5 Å². The van der Waals surface area contributed by atoms with E-state index >= 15 is 0 Å². The van der Waals surface area contributed by atoms with E-state index in [4.69, 9.17) is 0 Å². The molecule has 2 aliphatic rings. The van der Waals surface area contributed by atoms with Crippen molar-refractivity contribution in [1.29, 1.82) is 0 Å². The maximum Gasteiger partial charge on any atom is 0.163 e. The molecule has 1 saturated heterocycles. The zero-order valence-electron chi connectivity index (χ0n) is 13.1. The number of Topliss-reactive ketones (excluding diaryl/α,β-unsaturated/α-hetero) is 1. The second-order valence-electron chi connectivity index (χ2n) is 6.96. The summed E-state index contributed by atoms with van der Waals surface area (Å²) in [5, 5.41) is 3.46. The van der Waals surface area contributed by atoms with Crippen molar-refractivity contribution in [3.63, 3.8) is 0 Å². The highest BCUT2D eigenvalue weighted by atomic mass is 16.1. The van der Waals surface area contributed by atoms with E-state index in [1.807, 2.05) is 6.07 Å². The lowest BCUT2D eigenvalue weighted by molar-refractivity contribution is 0.0943. The Kier molecular flexibility index (Phi) is 4.74. The maximum absolute atomic E-state index is 12.6. The van der Waals surface area contributed by atoms with Crippen molar-refractivity contribution in [2.45, 2.75) is 51.4 Å². The van der Waals surface area contributed by atoms with E-state index in [1.165, 1.54) is 37.7 Å². The van der Waals surface area contributed by atoms with Crippen LogP contribution in [0.1, 0.15) is 67.3 Å². The van der Waals surface area contributed by atoms with Gasteiger partial charge < -0.3 is 5.32 Å². The monoisotopic (exact) mass is 285 g/mol. The van der Waals surface area contributed by atoms with E-state index in [2.05, 4.69) is 30.4 Å². The summed E-state index contributed by atoms with van der Waals surface area (Å²) in [5.41, 5.74) is 2.30. The number of ketones is 1. The number of carbonyl (C=O) groups excluding carboxylic acids is 1. The fourth-order valence-corrected chi connectivity index (χ4v) is 3.65. The van der Waals surface area contributed by atoms with Gasteiger partial charge in [0.05, 0.1) is 0 Å². The first kappa shape index (κ1) is 14.8. The molecular formula is C19H27NO. The van der Waals surface area contributed by atoms with Gasteiger partial charge in [0.1, 0.15) is 0 Å². The van der Waals surface area contributed by atoms with Crippen LogP contribution >= 0.6 is 0 Å². The van der Waals surface area contributed by atoms with Crippen LogP contribution in [-0.4, -0.2) is 18.9 Å². The van der Waals surface area contributed by atoms with E-state index in [-0.39, 0.29) is 0 Å². The van der Waals surface area contributed by atoms with Crippen LogP contribution in [0.25, 0.3) is 0 Å². The molecule has 1 heterocycles. The zero-order valence-corrected chi connectivity index (χ0v) is 13.1. The van der Waals surface area contributed by atoms with Gasteiger partial charge in [0.15, 0.2) is 5.78 Å². The van der Waals surface area contributed by atoms with Crippen LogP contribution in [0.3, 0.4) is 0 Å². The number of benzene rings is 1. The summed E-state index contributed by atoms with van der Waals surface area (Å²) in [6.07, 6.45) is 7.14. The normalized spacial score (nSPS) is 24.3. The molecule has 2 atom stereocenters. The van der Waals surface area contributed by atoms with E-state index in [0.29, 0.717) is 30.0 Å². The van der Waals surface area contributed by atoms with Crippen LogP contribution < -0.4 is 5.32 Å². The molecule has 0 radical (unpaired) electrons. The lowest BCUT2D eigenvalue weighted by Crippen LogP contribution is -2.34. The predicted molar refractivity (Wildman–Crippen MR) is 86.7 cm³/mol. The Labute approximate surface area is 128 Å². The molecule has 21 heavy (non-hydrogen) atoms. The SMILES string of the molecule is CC(CC(=O)c1cccc(C2CCC2)c1)C1CCCNC1. The summed E-state index contributed by atoms with van der Waals surface area (Å²) < 4.78 is 0. The largest absolute Gasteiger partial charge is 0.316 e. The molecule has 2 unspecified atom stereocenters. The third kappa shape index (κ3) is 3.55. The minimum Gasteiger partial charge on any atom is -0.316 e. The predicted octanol–water partition coefficient (Wildman–Crippen LogP) is 4.16. The molecule has 2 heteroatoms.